The summed E-state index contributed by atoms with van der Waals surface area (Å²) in [4.78, 5) is 22.0. The van der Waals surface area contributed by atoms with Crippen LogP contribution in [-0.2, 0) is 4.74 Å². The Balaban J connectivity index is 2.46. The molecule has 2 aromatic rings. The van der Waals surface area contributed by atoms with E-state index < -0.39 is 10.9 Å². The molecule has 0 radical (unpaired) electrons. The monoisotopic (exact) mass is 275 g/mol. The zero-order chi connectivity index (χ0) is 14.7. The Kier molecular flexibility index (Phi) is 3.79. The second-order valence-electron chi connectivity index (χ2n) is 4.12. The summed E-state index contributed by atoms with van der Waals surface area (Å²) in [6.07, 6.45) is 1.21. The van der Waals surface area contributed by atoms with Crippen LogP contribution in [0.5, 0.6) is 0 Å². The van der Waals surface area contributed by atoms with Crippen LogP contribution in [0.3, 0.4) is 0 Å². The Labute approximate surface area is 114 Å². The van der Waals surface area contributed by atoms with E-state index in [2.05, 4.69) is 5.10 Å². The smallest absolute Gasteiger partial charge is 0.366 e. The molecule has 104 valence electrons. The van der Waals surface area contributed by atoms with E-state index in [1.807, 2.05) is 19.1 Å². The van der Waals surface area contributed by atoms with Gasteiger partial charge in [-0.25, -0.2) is 9.48 Å². The molecule has 0 aliphatic rings. The number of carbonyl (C=O) groups is 1. The van der Waals surface area contributed by atoms with Gasteiger partial charge in [0.2, 0.25) is 5.69 Å². The number of hydrogen-bond donors (Lipinski definition) is 0. The SMILES string of the molecule is CCOC(=O)c1nn(-c2ccc(C)cc2)cc1[N+](=O)[O-]. The standard InChI is InChI=1S/C13H13N3O4/c1-3-20-13(17)12-11(16(18)19)8-15(14-12)10-6-4-9(2)5-7-10/h4-8H,3H2,1-2H3. The van der Waals surface area contributed by atoms with Crippen LogP contribution >= 0.6 is 0 Å². The van der Waals surface area contributed by atoms with E-state index in [1.54, 1.807) is 19.1 Å². The van der Waals surface area contributed by atoms with Crippen molar-refractivity contribution in [1.82, 2.24) is 9.78 Å². The van der Waals surface area contributed by atoms with Gasteiger partial charge < -0.3 is 4.74 Å². The Morgan fingerprint density at radius 3 is 2.60 bits per heavy atom. The summed E-state index contributed by atoms with van der Waals surface area (Å²) in [7, 11) is 0. The maximum atomic E-state index is 11.7. The van der Waals surface area contributed by atoms with E-state index in [9.17, 15) is 14.9 Å². The first-order chi connectivity index (χ1) is 9.52. The molecule has 0 saturated heterocycles. The van der Waals surface area contributed by atoms with Gasteiger partial charge in [0.15, 0.2) is 0 Å². The highest BCUT2D eigenvalue weighted by Crippen LogP contribution is 2.20. The molecule has 7 nitrogen and oxygen atoms in total. The zero-order valence-electron chi connectivity index (χ0n) is 11.1. The number of hydrogen-bond acceptors (Lipinski definition) is 5. The lowest BCUT2D eigenvalue weighted by Crippen LogP contribution is -2.08. The minimum absolute atomic E-state index is 0.132. The Hall–Kier alpha value is -2.70. The maximum Gasteiger partial charge on any atom is 0.366 e. The van der Waals surface area contributed by atoms with Gasteiger partial charge >= 0.3 is 11.7 Å². The molecule has 0 saturated carbocycles. The van der Waals surface area contributed by atoms with Crippen molar-refractivity contribution in [1.29, 1.82) is 0 Å². The van der Waals surface area contributed by atoms with Crippen LogP contribution in [0, 0.1) is 17.0 Å². The van der Waals surface area contributed by atoms with Gasteiger partial charge in [-0.15, -0.1) is 0 Å². The number of aryl methyl sites for hydroxylation is 1. The molecule has 1 aromatic carbocycles. The fourth-order valence-electron chi connectivity index (χ4n) is 1.67. The van der Waals surface area contributed by atoms with E-state index >= 15 is 0 Å². The molecule has 7 heteroatoms. The number of aromatic nitrogens is 2. The second kappa shape index (κ2) is 5.52. The van der Waals surface area contributed by atoms with Crippen LogP contribution in [0.2, 0.25) is 0 Å². The minimum Gasteiger partial charge on any atom is -0.461 e. The summed E-state index contributed by atoms with van der Waals surface area (Å²) in [6.45, 7) is 3.69. The van der Waals surface area contributed by atoms with Gasteiger partial charge in [0.25, 0.3) is 0 Å². The van der Waals surface area contributed by atoms with Crippen molar-refractivity contribution >= 4 is 11.7 Å². The van der Waals surface area contributed by atoms with Crippen molar-refractivity contribution in [3.8, 4) is 5.69 Å². The van der Waals surface area contributed by atoms with E-state index in [0.29, 0.717) is 5.69 Å². The quantitative estimate of drug-likeness (QED) is 0.485. The molecule has 0 N–H and O–H groups in total. The lowest BCUT2D eigenvalue weighted by molar-refractivity contribution is -0.385. The second-order valence-corrected chi connectivity index (χ2v) is 4.12. The lowest BCUT2D eigenvalue weighted by atomic mass is 10.2. The summed E-state index contributed by atoms with van der Waals surface area (Å²) in [5.41, 5.74) is 1.02. The number of rotatable bonds is 4. The molecule has 0 atom stereocenters. The third-order valence-electron chi connectivity index (χ3n) is 2.66. The van der Waals surface area contributed by atoms with E-state index in [-0.39, 0.29) is 18.0 Å². The van der Waals surface area contributed by atoms with Gasteiger partial charge in [-0.3, -0.25) is 10.1 Å². The molecule has 20 heavy (non-hydrogen) atoms. The Bertz CT molecular complexity index is 646. The topological polar surface area (TPSA) is 87.3 Å². The van der Waals surface area contributed by atoms with Crippen LogP contribution in [0.25, 0.3) is 5.69 Å². The Morgan fingerprint density at radius 2 is 2.05 bits per heavy atom. The molecule has 2 rings (SSSR count). The predicted molar refractivity (Wildman–Crippen MR) is 70.9 cm³/mol. The Morgan fingerprint density at radius 1 is 1.40 bits per heavy atom. The van der Waals surface area contributed by atoms with Gasteiger partial charge in [-0.2, -0.15) is 5.10 Å². The van der Waals surface area contributed by atoms with E-state index in [1.165, 1.54) is 10.9 Å². The van der Waals surface area contributed by atoms with Crippen molar-refractivity contribution in [2.24, 2.45) is 0 Å². The number of carbonyl (C=O) groups excluding carboxylic acids is 1. The summed E-state index contributed by atoms with van der Waals surface area (Å²) < 4.78 is 6.06. The first kappa shape index (κ1) is 13.7. The molecule has 0 spiro atoms. The largest absolute Gasteiger partial charge is 0.461 e. The van der Waals surface area contributed by atoms with Gasteiger partial charge in [-0.05, 0) is 26.0 Å². The predicted octanol–water partition coefficient (Wildman–Crippen LogP) is 2.27. The molecule has 0 bridgehead atoms. The first-order valence-corrected chi connectivity index (χ1v) is 6.01. The number of nitrogens with zero attached hydrogens (tertiary/aromatic N) is 3. The number of ether oxygens (including phenoxy) is 1. The third-order valence-corrected chi connectivity index (χ3v) is 2.66. The van der Waals surface area contributed by atoms with E-state index in [4.69, 9.17) is 4.74 Å². The van der Waals surface area contributed by atoms with Gasteiger partial charge in [0.05, 0.1) is 17.2 Å². The lowest BCUT2D eigenvalue weighted by Gasteiger charge is -2.00. The minimum atomic E-state index is -0.801. The van der Waals surface area contributed by atoms with Crippen LogP contribution in [0.1, 0.15) is 23.0 Å². The summed E-state index contributed by atoms with van der Waals surface area (Å²) in [5, 5.41) is 14.9. The summed E-state index contributed by atoms with van der Waals surface area (Å²) in [6, 6.07) is 7.24. The van der Waals surface area contributed by atoms with Crippen molar-refractivity contribution < 1.29 is 14.5 Å². The van der Waals surface area contributed by atoms with Crippen LogP contribution in [0.4, 0.5) is 5.69 Å². The van der Waals surface area contributed by atoms with Crippen molar-refractivity contribution in [3.63, 3.8) is 0 Å². The van der Waals surface area contributed by atoms with Gasteiger partial charge in [0, 0.05) is 0 Å². The number of benzene rings is 1. The van der Waals surface area contributed by atoms with Crippen LogP contribution in [0.15, 0.2) is 30.5 Å². The fourth-order valence-corrected chi connectivity index (χ4v) is 1.67. The van der Waals surface area contributed by atoms with Crippen molar-refractivity contribution in [2.45, 2.75) is 13.8 Å². The molecule has 0 aliphatic carbocycles. The van der Waals surface area contributed by atoms with Crippen LogP contribution < -0.4 is 0 Å². The van der Waals surface area contributed by atoms with Crippen LogP contribution in [-0.4, -0.2) is 27.3 Å². The maximum absolute atomic E-state index is 11.7. The normalized spacial score (nSPS) is 10.3. The first-order valence-electron chi connectivity index (χ1n) is 6.01. The average Bonchev–Trinajstić information content (AvgIpc) is 2.85. The molecule has 1 aromatic heterocycles. The molecule has 0 aliphatic heterocycles. The number of nitro groups is 1. The average molecular weight is 275 g/mol. The molecule has 1 heterocycles. The highest BCUT2D eigenvalue weighted by Gasteiger charge is 2.27. The highest BCUT2D eigenvalue weighted by molar-refractivity contribution is 5.91. The molecule has 0 amide bonds. The number of esters is 1. The van der Waals surface area contributed by atoms with E-state index in [0.717, 1.165) is 5.56 Å². The highest BCUT2D eigenvalue weighted by atomic mass is 16.6. The molecular weight excluding hydrogens is 262 g/mol. The third kappa shape index (κ3) is 2.66. The summed E-state index contributed by atoms with van der Waals surface area (Å²) in [5.74, 6) is -0.801. The van der Waals surface area contributed by atoms with Crippen molar-refractivity contribution in [3.05, 3.63) is 51.8 Å². The van der Waals surface area contributed by atoms with Gasteiger partial charge in [0.1, 0.15) is 6.20 Å². The molecule has 0 unspecified atom stereocenters. The van der Waals surface area contributed by atoms with Crippen molar-refractivity contribution in [2.75, 3.05) is 6.61 Å². The van der Waals surface area contributed by atoms with Gasteiger partial charge in [-0.1, -0.05) is 17.7 Å². The molecular formula is C13H13N3O4. The zero-order valence-corrected chi connectivity index (χ0v) is 11.1. The summed E-state index contributed by atoms with van der Waals surface area (Å²) >= 11 is 0. The fraction of sp³-hybridized carbons (Fsp3) is 0.231. The molecule has 0 fully saturated rings.